The molecule has 2 aliphatic heterocycles. The van der Waals surface area contributed by atoms with Gasteiger partial charge in [-0.1, -0.05) is 6.92 Å². The van der Waals surface area contributed by atoms with Crippen LogP contribution in [0, 0.1) is 11.8 Å². The minimum atomic E-state index is -0.414. The van der Waals surface area contributed by atoms with Gasteiger partial charge >= 0.3 is 6.09 Å². The zero-order chi connectivity index (χ0) is 14.8. The summed E-state index contributed by atoms with van der Waals surface area (Å²) in [5.74, 6) is 1.08. The van der Waals surface area contributed by atoms with Crippen molar-refractivity contribution < 1.29 is 9.53 Å². The summed E-state index contributed by atoms with van der Waals surface area (Å²) >= 11 is 1.84. The first kappa shape index (κ1) is 15.5. The molecular weight excluding hydrogens is 272 g/mol. The van der Waals surface area contributed by atoms with Gasteiger partial charge in [0.05, 0.1) is 5.37 Å². The molecule has 114 valence electrons. The molecule has 0 radical (unpaired) electrons. The van der Waals surface area contributed by atoms with Gasteiger partial charge in [-0.3, -0.25) is 0 Å². The van der Waals surface area contributed by atoms with E-state index in [4.69, 9.17) is 4.74 Å². The molecule has 5 heteroatoms. The Hall–Kier alpha value is -0.840. The van der Waals surface area contributed by atoms with Gasteiger partial charge in [0.1, 0.15) is 5.60 Å². The van der Waals surface area contributed by atoms with Crippen molar-refractivity contribution >= 4 is 17.9 Å². The number of thioether (sulfide) groups is 1. The van der Waals surface area contributed by atoms with Gasteiger partial charge in [-0.05, 0) is 50.9 Å². The number of nitrogens with one attached hydrogen (secondary N) is 1. The Morgan fingerprint density at radius 3 is 2.85 bits per heavy atom. The number of carbonyl (C=O) groups is 1. The van der Waals surface area contributed by atoms with Gasteiger partial charge in [0.25, 0.3) is 0 Å². The Labute approximate surface area is 126 Å². The highest BCUT2D eigenvalue weighted by molar-refractivity contribution is 8.02. The molecule has 0 aromatic rings. The first-order chi connectivity index (χ1) is 9.37. The summed E-state index contributed by atoms with van der Waals surface area (Å²) in [6, 6.07) is 0. The zero-order valence-electron chi connectivity index (χ0n) is 12.9. The normalized spacial score (nSPS) is 28.1. The van der Waals surface area contributed by atoms with E-state index in [9.17, 15) is 4.79 Å². The lowest BCUT2D eigenvalue weighted by Gasteiger charge is -2.38. The number of likely N-dealkylation sites (tertiary alicyclic amines) is 1. The van der Waals surface area contributed by atoms with Gasteiger partial charge < -0.3 is 15.0 Å². The van der Waals surface area contributed by atoms with Gasteiger partial charge in [0, 0.05) is 19.3 Å². The van der Waals surface area contributed by atoms with Gasteiger partial charge in [-0.15, -0.1) is 11.8 Å². The van der Waals surface area contributed by atoms with Crippen molar-refractivity contribution in [1.29, 1.82) is 0 Å². The molecule has 0 saturated carbocycles. The third-order valence-corrected chi connectivity index (χ3v) is 5.04. The Bertz CT molecular complexity index is 371. The fraction of sp³-hybridized carbons (Fsp3) is 0.800. The van der Waals surface area contributed by atoms with Crippen LogP contribution in [0.3, 0.4) is 0 Å². The highest BCUT2D eigenvalue weighted by Gasteiger charge is 2.33. The monoisotopic (exact) mass is 298 g/mol. The van der Waals surface area contributed by atoms with Crippen molar-refractivity contribution in [1.82, 2.24) is 10.2 Å². The topological polar surface area (TPSA) is 41.6 Å². The molecule has 0 aromatic heterocycles. The van der Waals surface area contributed by atoms with Crippen molar-refractivity contribution in [3.8, 4) is 0 Å². The number of hydrogen-bond acceptors (Lipinski definition) is 4. The maximum atomic E-state index is 12.2. The molecule has 1 N–H and O–H groups in total. The smallest absolute Gasteiger partial charge is 0.410 e. The number of ether oxygens (including phenoxy) is 1. The molecule has 4 nitrogen and oxygen atoms in total. The van der Waals surface area contributed by atoms with E-state index < -0.39 is 5.60 Å². The second-order valence-corrected chi connectivity index (χ2v) is 7.77. The molecular formula is C15H26N2O2S. The maximum absolute atomic E-state index is 12.2. The van der Waals surface area contributed by atoms with E-state index in [-0.39, 0.29) is 6.09 Å². The third kappa shape index (κ3) is 4.08. The molecule has 2 heterocycles. The fourth-order valence-electron chi connectivity index (χ4n) is 2.75. The highest BCUT2D eigenvalue weighted by atomic mass is 32.2. The third-order valence-electron chi connectivity index (χ3n) is 3.88. The lowest BCUT2D eigenvalue weighted by molar-refractivity contribution is 0.0133. The van der Waals surface area contributed by atoms with Gasteiger partial charge in [0.15, 0.2) is 0 Å². The summed E-state index contributed by atoms with van der Waals surface area (Å²) in [6.07, 6.45) is 4.11. The molecule has 2 aliphatic rings. The van der Waals surface area contributed by atoms with Crippen LogP contribution in [0.4, 0.5) is 4.79 Å². The molecule has 0 aromatic carbocycles. The van der Waals surface area contributed by atoms with Crippen LogP contribution in [0.2, 0.25) is 0 Å². The number of rotatable bonds is 2. The average molecular weight is 298 g/mol. The molecule has 3 atom stereocenters. The van der Waals surface area contributed by atoms with Crippen LogP contribution in [0.15, 0.2) is 11.6 Å². The van der Waals surface area contributed by atoms with Crippen molar-refractivity contribution in [3.05, 3.63) is 11.6 Å². The predicted octanol–water partition coefficient (Wildman–Crippen LogP) is 3.40. The van der Waals surface area contributed by atoms with E-state index in [0.717, 1.165) is 19.5 Å². The molecule has 1 fully saturated rings. The van der Waals surface area contributed by atoms with Crippen LogP contribution in [0.5, 0.6) is 0 Å². The second kappa shape index (κ2) is 6.29. The summed E-state index contributed by atoms with van der Waals surface area (Å²) in [5, 5.41) is 5.93. The van der Waals surface area contributed by atoms with Crippen molar-refractivity contribution in [3.63, 3.8) is 0 Å². The summed E-state index contributed by atoms with van der Waals surface area (Å²) in [7, 11) is 0. The maximum Gasteiger partial charge on any atom is 0.410 e. The Balaban J connectivity index is 1.89. The van der Waals surface area contributed by atoms with Crippen LogP contribution < -0.4 is 5.32 Å². The highest BCUT2D eigenvalue weighted by Crippen LogP contribution is 2.33. The average Bonchev–Trinajstić information content (AvgIpc) is 2.90. The number of carbonyl (C=O) groups excluding carboxylic acids is 1. The Kier molecular flexibility index (Phi) is 4.89. The number of amides is 1. The van der Waals surface area contributed by atoms with Crippen molar-refractivity contribution in [2.75, 3.05) is 13.1 Å². The largest absolute Gasteiger partial charge is 0.444 e. The lowest BCUT2D eigenvalue weighted by atomic mass is 9.86. The Morgan fingerprint density at radius 2 is 2.25 bits per heavy atom. The fourth-order valence-corrected chi connectivity index (χ4v) is 3.71. The molecule has 0 bridgehead atoms. The SMILES string of the molecule is C[C@@H](C1NC=CS1)[C@H]1CCCN(C(=O)OC(C)(C)C)C1. The van der Waals surface area contributed by atoms with Crippen LogP contribution in [0.25, 0.3) is 0 Å². The van der Waals surface area contributed by atoms with Crippen molar-refractivity contribution in [2.45, 2.75) is 51.5 Å². The van der Waals surface area contributed by atoms with E-state index in [2.05, 4.69) is 17.6 Å². The first-order valence-electron chi connectivity index (χ1n) is 7.41. The van der Waals surface area contributed by atoms with Crippen molar-refractivity contribution in [2.24, 2.45) is 11.8 Å². The van der Waals surface area contributed by atoms with Gasteiger partial charge in [0.2, 0.25) is 0 Å². The molecule has 0 spiro atoms. The first-order valence-corrected chi connectivity index (χ1v) is 8.35. The molecule has 1 saturated heterocycles. The van der Waals surface area contributed by atoms with E-state index in [1.165, 1.54) is 6.42 Å². The summed E-state index contributed by atoms with van der Waals surface area (Å²) < 4.78 is 5.48. The summed E-state index contributed by atoms with van der Waals surface area (Å²) in [5.41, 5.74) is -0.414. The molecule has 20 heavy (non-hydrogen) atoms. The quantitative estimate of drug-likeness (QED) is 0.848. The standard InChI is InChI=1S/C15H26N2O2S/c1-11(13-16-7-9-20-13)12-6-5-8-17(10-12)14(18)19-15(2,3)4/h7,9,11-13,16H,5-6,8,10H2,1-4H3/t11-,12+,13?/m1/s1. The molecule has 2 rings (SSSR count). The van der Waals surface area contributed by atoms with Crippen LogP contribution in [0.1, 0.15) is 40.5 Å². The summed E-state index contributed by atoms with van der Waals surface area (Å²) in [4.78, 5) is 14.1. The van der Waals surface area contributed by atoms with E-state index in [1.54, 1.807) is 0 Å². The predicted molar refractivity (Wildman–Crippen MR) is 83.3 cm³/mol. The van der Waals surface area contributed by atoms with E-state index in [0.29, 0.717) is 17.2 Å². The minimum absolute atomic E-state index is 0.167. The van der Waals surface area contributed by atoms with Crippen LogP contribution in [-0.2, 0) is 4.74 Å². The number of nitrogens with zero attached hydrogens (tertiary/aromatic N) is 1. The van der Waals surface area contributed by atoms with Crippen LogP contribution >= 0.6 is 11.8 Å². The van der Waals surface area contributed by atoms with Gasteiger partial charge in [-0.25, -0.2) is 4.79 Å². The summed E-state index contributed by atoms with van der Waals surface area (Å²) in [6.45, 7) is 9.66. The van der Waals surface area contributed by atoms with E-state index in [1.807, 2.05) is 43.6 Å². The van der Waals surface area contributed by atoms with Crippen LogP contribution in [-0.4, -0.2) is 35.1 Å². The zero-order valence-corrected chi connectivity index (χ0v) is 13.7. The Morgan fingerprint density at radius 1 is 1.50 bits per heavy atom. The minimum Gasteiger partial charge on any atom is -0.444 e. The second-order valence-electron chi connectivity index (χ2n) is 6.71. The number of piperidine rings is 1. The van der Waals surface area contributed by atoms with E-state index >= 15 is 0 Å². The van der Waals surface area contributed by atoms with Gasteiger partial charge in [-0.2, -0.15) is 0 Å². The molecule has 0 aliphatic carbocycles. The lowest BCUT2D eigenvalue weighted by Crippen LogP contribution is -2.46. The number of hydrogen-bond donors (Lipinski definition) is 1. The molecule has 1 unspecified atom stereocenters. The molecule has 1 amide bonds.